The van der Waals surface area contributed by atoms with Crippen molar-refractivity contribution >= 4 is 0 Å². The number of hydrogen-bond acceptors (Lipinski definition) is 2. The van der Waals surface area contributed by atoms with E-state index >= 15 is 0 Å². The molecule has 4 nitrogen and oxygen atoms in total. The quantitative estimate of drug-likeness (QED) is 0.458. The molecule has 0 saturated heterocycles. The van der Waals surface area contributed by atoms with E-state index in [1.54, 1.807) is 0 Å². The first-order chi connectivity index (χ1) is 3.79. The molecule has 0 aliphatic carbocycles. The van der Waals surface area contributed by atoms with Gasteiger partial charge in [0, 0.05) is 12.3 Å². The summed E-state index contributed by atoms with van der Waals surface area (Å²) in [5.41, 5.74) is -0.855. The molecule has 2 N–H and O–H groups in total. The molecule has 0 amide bonds. The monoisotopic (exact) mass is 115 g/mol. The van der Waals surface area contributed by atoms with Crippen LogP contribution in [0, 0.1) is 0 Å². The van der Waals surface area contributed by atoms with E-state index in [1.807, 2.05) is 4.98 Å². The fourth-order valence-electron chi connectivity index (χ4n) is 0.383. The summed E-state index contributed by atoms with van der Waals surface area (Å²) in [6.45, 7) is 0. The lowest BCUT2D eigenvalue weighted by molar-refractivity contribution is 1.04. The number of aromatic amines is 2. The van der Waals surface area contributed by atoms with Crippen LogP contribution in [-0.4, -0.2) is 9.97 Å². The summed E-state index contributed by atoms with van der Waals surface area (Å²) in [5.74, 6) is 0. The highest BCUT2D eigenvalue weighted by Gasteiger charge is 1.77. The van der Waals surface area contributed by atoms with Crippen LogP contribution in [0.25, 0.3) is 0 Å². The average molecular weight is 115 g/mol. The van der Waals surface area contributed by atoms with Gasteiger partial charge in [-0.1, -0.05) is 0 Å². The zero-order chi connectivity index (χ0) is 5.98. The Hall–Kier alpha value is -1.32. The summed E-state index contributed by atoms with van der Waals surface area (Å²) in [5, 5.41) is 0. The van der Waals surface area contributed by atoms with Gasteiger partial charge < -0.3 is 4.98 Å². The van der Waals surface area contributed by atoms with Crippen molar-refractivity contribution in [3.8, 4) is 0 Å². The van der Waals surface area contributed by atoms with Crippen LogP contribution in [0.1, 0.15) is 0 Å². The van der Waals surface area contributed by atoms with Crippen molar-refractivity contribution < 1.29 is 0 Å². The van der Waals surface area contributed by atoms with Gasteiger partial charge in [-0.25, -0.2) is 4.79 Å². The molecule has 8 heavy (non-hydrogen) atoms. The third kappa shape index (κ3) is 0.841. The Morgan fingerprint density at radius 1 is 1.38 bits per heavy atom. The van der Waals surface area contributed by atoms with Crippen LogP contribution in [0.2, 0.25) is 0 Å². The lowest BCUT2D eigenvalue weighted by atomic mass is 10.7. The molecule has 1 aromatic rings. The van der Waals surface area contributed by atoms with Gasteiger partial charge in [0.25, 0.3) is 5.56 Å². The molecule has 0 spiro atoms. The van der Waals surface area contributed by atoms with Crippen LogP contribution < -0.4 is 11.2 Å². The molecule has 42 valence electrons. The van der Waals surface area contributed by atoms with Gasteiger partial charge in [-0.05, 0) is 0 Å². The van der Waals surface area contributed by atoms with E-state index in [9.17, 15) is 9.59 Å². The van der Waals surface area contributed by atoms with Crippen molar-refractivity contribution in [2.45, 2.75) is 0 Å². The number of aromatic nitrogens is 2. The lowest BCUT2D eigenvalue weighted by Gasteiger charge is -1.75. The fraction of sp³-hybridized carbons (Fsp3) is 0. The van der Waals surface area contributed by atoms with Crippen LogP contribution in [0.5, 0.6) is 0 Å². The molecule has 0 bridgehead atoms. The van der Waals surface area contributed by atoms with Gasteiger partial charge in [0.2, 0.25) is 0 Å². The van der Waals surface area contributed by atoms with Crippen molar-refractivity contribution in [2.75, 3.05) is 0 Å². The second kappa shape index (κ2) is 1.65. The summed E-state index contributed by atoms with van der Waals surface area (Å²) in [6.07, 6.45) is 1.29. The predicted octanol–water partition coefficient (Wildman–Crippen LogP) is -0.937. The normalized spacial score (nSPS) is 9.00. The van der Waals surface area contributed by atoms with Crippen molar-refractivity contribution in [2.24, 2.45) is 0 Å². The van der Waals surface area contributed by atoms with Gasteiger partial charge in [-0.2, -0.15) is 0 Å². The molecule has 0 unspecified atom stereocenters. The largest absolute Gasteiger partial charge is 0.325 e. The Balaban J connectivity index is 3.50. The highest BCUT2D eigenvalue weighted by atomic mass is 16.3. The zero-order valence-corrected chi connectivity index (χ0v) is 3.97. The first-order valence-corrected chi connectivity index (χ1v) is 2.07. The first-order valence-electron chi connectivity index (χ1n) is 2.07. The Morgan fingerprint density at radius 3 is 2.50 bits per heavy atom. The van der Waals surface area contributed by atoms with Crippen LogP contribution in [0.4, 0.5) is 0 Å². The van der Waals surface area contributed by atoms with Crippen molar-refractivity contribution in [3.05, 3.63) is 33.1 Å². The average Bonchev–Trinajstić information content (AvgIpc) is 1.64. The maximum Gasteiger partial charge on any atom is 0.325 e. The standard InChI is InChI=1S/C4H4N2O2/c7-3-1-2-5-4(8)6-3/h1-2H,(H2,5,6,7,8)/i4+1,5+1,6+1. The summed E-state index contributed by atoms with van der Waals surface area (Å²) in [6, 6.07) is 1.24. The number of nitrogens with one attached hydrogen (secondary N) is 2. The van der Waals surface area contributed by atoms with Crippen LogP contribution in [0.3, 0.4) is 0 Å². The molecule has 0 atom stereocenters. The second-order valence-corrected chi connectivity index (χ2v) is 1.30. The Kier molecular flexibility index (Phi) is 0.997. The second-order valence-electron chi connectivity index (χ2n) is 1.30. The molecule has 0 radical (unpaired) electrons. The van der Waals surface area contributed by atoms with E-state index < -0.39 is 5.69 Å². The lowest BCUT2D eigenvalue weighted by Crippen LogP contribution is -2.19. The van der Waals surface area contributed by atoms with Crippen molar-refractivity contribution in [1.82, 2.24) is 9.97 Å². The molecule has 1 rings (SSSR count). The maximum absolute atomic E-state index is 10.2. The Morgan fingerprint density at radius 2 is 2.12 bits per heavy atom. The van der Waals surface area contributed by atoms with Gasteiger partial charge in [0.05, 0.1) is 0 Å². The topological polar surface area (TPSA) is 65.7 Å². The van der Waals surface area contributed by atoms with E-state index in [0.717, 1.165) is 0 Å². The van der Waals surface area contributed by atoms with E-state index in [1.165, 1.54) is 12.3 Å². The van der Waals surface area contributed by atoms with E-state index in [-0.39, 0.29) is 5.56 Å². The number of H-pyrrole nitrogens is 2. The fourth-order valence-corrected chi connectivity index (χ4v) is 0.383. The summed E-state index contributed by atoms with van der Waals surface area (Å²) in [4.78, 5) is 24.7. The molecule has 1 aromatic heterocycles. The van der Waals surface area contributed by atoms with Crippen molar-refractivity contribution in [3.63, 3.8) is 0 Å². The van der Waals surface area contributed by atoms with Crippen LogP contribution >= 0.6 is 0 Å². The Bertz CT molecular complexity index is 246. The minimum absolute atomic E-state index is 0.381. The number of rotatable bonds is 0. The predicted molar refractivity (Wildman–Crippen MR) is 27.7 cm³/mol. The highest BCUT2D eigenvalue weighted by Crippen LogP contribution is 1.51. The van der Waals surface area contributed by atoms with Gasteiger partial charge >= 0.3 is 5.69 Å². The molecule has 0 aliphatic heterocycles. The molecule has 0 aliphatic rings. The third-order valence-corrected chi connectivity index (χ3v) is 0.686. The van der Waals surface area contributed by atoms with Gasteiger partial charge in [0.15, 0.2) is 0 Å². The molecule has 4 heteroatoms. The first kappa shape index (κ1) is 4.83. The molecule has 1 heterocycles. The molecule has 0 fully saturated rings. The summed E-state index contributed by atoms with van der Waals surface area (Å²) in [7, 11) is 0. The molecule has 0 aromatic carbocycles. The zero-order valence-electron chi connectivity index (χ0n) is 3.97. The van der Waals surface area contributed by atoms with Gasteiger partial charge in [-0.3, -0.25) is 9.78 Å². The Labute approximate surface area is 44.2 Å². The summed E-state index contributed by atoms with van der Waals surface area (Å²) < 4.78 is 0. The van der Waals surface area contributed by atoms with E-state index in [0.29, 0.717) is 0 Å². The maximum atomic E-state index is 10.2. The van der Waals surface area contributed by atoms with Gasteiger partial charge in [-0.15, -0.1) is 0 Å². The highest BCUT2D eigenvalue weighted by molar-refractivity contribution is 4.77. The minimum Gasteiger partial charge on any atom is -0.314 e. The molecule has 0 saturated carbocycles. The third-order valence-electron chi connectivity index (χ3n) is 0.686. The van der Waals surface area contributed by atoms with Crippen LogP contribution in [0.15, 0.2) is 21.9 Å². The van der Waals surface area contributed by atoms with E-state index in [2.05, 4.69) is 4.98 Å². The smallest absolute Gasteiger partial charge is 0.314 e. The SMILES string of the molecule is O=c1cc[15nH][13c](=O)[15nH]1. The summed E-state index contributed by atoms with van der Waals surface area (Å²) >= 11 is 0. The van der Waals surface area contributed by atoms with Gasteiger partial charge in [0.1, 0.15) is 0 Å². The molecular weight excluding hydrogens is 111 g/mol. The molecular formula is C4H4N2O2. The van der Waals surface area contributed by atoms with E-state index in [4.69, 9.17) is 0 Å². The minimum atomic E-state index is -0.475. The number of hydrogen-bond donors (Lipinski definition) is 2. The van der Waals surface area contributed by atoms with Crippen LogP contribution in [-0.2, 0) is 0 Å². The van der Waals surface area contributed by atoms with Crippen molar-refractivity contribution in [1.29, 1.82) is 0 Å².